The number of aryl methyl sites for hydroxylation is 1. The van der Waals surface area contributed by atoms with Crippen molar-refractivity contribution in [3.8, 4) is 5.75 Å². The molecule has 0 saturated carbocycles. The molecule has 114 valence electrons. The maximum absolute atomic E-state index is 9.99. The van der Waals surface area contributed by atoms with E-state index in [9.17, 15) is 10.2 Å². The zero-order valence-electron chi connectivity index (χ0n) is 12.5. The monoisotopic (exact) mass is 283 g/mol. The normalized spacial score (nSPS) is 11.2. The summed E-state index contributed by atoms with van der Waals surface area (Å²) in [6.07, 6.45) is 1.61. The molecule has 0 aliphatic rings. The molecule has 0 spiro atoms. The summed E-state index contributed by atoms with van der Waals surface area (Å²) < 4.78 is 5.02. The number of aliphatic hydroxyl groups is 1. The van der Waals surface area contributed by atoms with Crippen molar-refractivity contribution in [1.82, 2.24) is 15.2 Å². The number of hydrogen-bond acceptors (Lipinski definition) is 6. The molecule has 20 heavy (non-hydrogen) atoms. The van der Waals surface area contributed by atoms with Gasteiger partial charge in [0.05, 0.1) is 18.9 Å². The van der Waals surface area contributed by atoms with Crippen LogP contribution in [0.4, 0.5) is 0 Å². The summed E-state index contributed by atoms with van der Waals surface area (Å²) >= 11 is 0. The van der Waals surface area contributed by atoms with Crippen molar-refractivity contribution >= 4 is 0 Å². The molecule has 0 unspecified atom stereocenters. The average molecular weight is 283 g/mol. The van der Waals surface area contributed by atoms with E-state index >= 15 is 0 Å². The molecule has 0 bridgehead atoms. The number of aromatic hydroxyl groups is 1. The minimum atomic E-state index is -0.119. The Morgan fingerprint density at radius 1 is 1.40 bits per heavy atom. The van der Waals surface area contributed by atoms with Gasteiger partial charge in [0.1, 0.15) is 5.75 Å². The van der Waals surface area contributed by atoms with E-state index in [4.69, 9.17) is 4.74 Å². The smallest absolute Gasteiger partial charge is 0.141 e. The summed E-state index contributed by atoms with van der Waals surface area (Å²) in [6, 6.07) is 0. The van der Waals surface area contributed by atoms with Gasteiger partial charge in [-0.15, -0.1) is 0 Å². The molecule has 0 aliphatic carbocycles. The Kier molecular flexibility index (Phi) is 7.46. The highest BCUT2D eigenvalue weighted by molar-refractivity contribution is 5.40. The topological polar surface area (TPSA) is 77.9 Å². The Morgan fingerprint density at radius 2 is 2.15 bits per heavy atom. The van der Waals surface area contributed by atoms with Crippen molar-refractivity contribution in [2.75, 3.05) is 40.4 Å². The van der Waals surface area contributed by atoms with E-state index in [2.05, 4.69) is 15.2 Å². The lowest BCUT2D eigenvalue weighted by molar-refractivity contribution is 0.161. The zero-order valence-corrected chi connectivity index (χ0v) is 12.5. The third-order valence-electron chi connectivity index (χ3n) is 3.25. The Bertz CT molecular complexity index is 413. The van der Waals surface area contributed by atoms with Gasteiger partial charge >= 0.3 is 0 Å². The van der Waals surface area contributed by atoms with E-state index in [1.807, 2.05) is 7.05 Å². The first-order valence-corrected chi connectivity index (χ1v) is 6.75. The van der Waals surface area contributed by atoms with Crippen molar-refractivity contribution in [3.63, 3.8) is 0 Å². The predicted molar refractivity (Wildman–Crippen MR) is 77.6 cm³/mol. The lowest BCUT2D eigenvalue weighted by Gasteiger charge is -2.17. The van der Waals surface area contributed by atoms with Gasteiger partial charge in [-0.25, -0.2) is 0 Å². The first-order chi connectivity index (χ1) is 9.60. The lowest BCUT2D eigenvalue weighted by atomic mass is 10.1. The minimum Gasteiger partial charge on any atom is -0.506 e. The second kappa shape index (κ2) is 8.86. The Balaban J connectivity index is 2.44. The molecule has 0 fully saturated rings. The summed E-state index contributed by atoms with van der Waals surface area (Å²) in [5, 5.41) is 22.5. The Morgan fingerprint density at radius 3 is 2.80 bits per heavy atom. The van der Waals surface area contributed by atoms with Crippen LogP contribution in [0.3, 0.4) is 0 Å². The minimum absolute atomic E-state index is 0.119. The molecule has 0 aromatic carbocycles. The van der Waals surface area contributed by atoms with E-state index in [1.54, 1.807) is 20.2 Å². The fourth-order valence-electron chi connectivity index (χ4n) is 1.86. The van der Waals surface area contributed by atoms with Crippen LogP contribution in [0.5, 0.6) is 5.75 Å². The van der Waals surface area contributed by atoms with Gasteiger partial charge in [-0.1, -0.05) is 0 Å². The lowest BCUT2D eigenvalue weighted by Crippen LogP contribution is -2.31. The van der Waals surface area contributed by atoms with Crippen LogP contribution in [0.1, 0.15) is 16.8 Å². The number of aliphatic hydroxyl groups excluding tert-OH is 1. The number of likely N-dealkylation sites (N-methyl/N-ethyl adjacent to an activating group) is 1. The first kappa shape index (κ1) is 16.8. The van der Waals surface area contributed by atoms with E-state index in [-0.39, 0.29) is 12.4 Å². The molecule has 0 aliphatic heterocycles. The fourth-order valence-corrected chi connectivity index (χ4v) is 1.86. The molecule has 1 aromatic rings. The Hall–Kier alpha value is -1.21. The quantitative estimate of drug-likeness (QED) is 0.564. The molecule has 3 N–H and O–H groups in total. The van der Waals surface area contributed by atoms with Crippen molar-refractivity contribution in [1.29, 1.82) is 0 Å². The first-order valence-electron chi connectivity index (χ1n) is 6.75. The van der Waals surface area contributed by atoms with Gasteiger partial charge in [0.15, 0.2) is 0 Å². The molecule has 1 aromatic heterocycles. The van der Waals surface area contributed by atoms with Crippen molar-refractivity contribution in [2.24, 2.45) is 0 Å². The molecule has 1 rings (SSSR count). The summed E-state index contributed by atoms with van der Waals surface area (Å²) in [6.45, 7) is 5.44. The molecule has 0 amide bonds. The highest BCUT2D eigenvalue weighted by Gasteiger charge is 2.10. The van der Waals surface area contributed by atoms with E-state index in [1.165, 1.54) is 0 Å². The zero-order chi connectivity index (χ0) is 15.0. The van der Waals surface area contributed by atoms with E-state index < -0.39 is 0 Å². The van der Waals surface area contributed by atoms with Crippen LogP contribution in [0.25, 0.3) is 0 Å². The summed E-state index contributed by atoms with van der Waals surface area (Å²) in [5.41, 5.74) is 1.96. The van der Waals surface area contributed by atoms with Crippen LogP contribution in [-0.2, 0) is 17.9 Å². The van der Waals surface area contributed by atoms with Crippen LogP contribution in [-0.4, -0.2) is 60.5 Å². The average Bonchev–Trinajstić information content (AvgIpc) is 2.45. The van der Waals surface area contributed by atoms with Gasteiger partial charge in [0.2, 0.25) is 0 Å². The summed E-state index contributed by atoms with van der Waals surface area (Å²) in [5.74, 6) is 0.164. The SMILES string of the molecule is COCCN(C)CCNCc1c(CO)cnc(C)c1O. The molecular weight excluding hydrogens is 258 g/mol. The van der Waals surface area contributed by atoms with Crippen LogP contribution >= 0.6 is 0 Å². The van der Waals surface area contributed by atoms with Gasteiger partial charge in [-0.05, 0) is 14.0 Å². The van der Waals surface area contributed by atoms with Gasteiger partial charge in [-0.2, -0.15) is 0 Å². The molecule has 0 saturated heterocycles. The van der Waals surface area contributed by atoms with Crippen molar-refractivity contribution < 1.29 is 14.9 Å². The maximum Gasteiger partial charge on any atom is 0.141 e. The largest absolute Gasteiger partial charge is 0.506 e. The third-order valence-corrected chi connectivity index (χ3v) is 3.25. The second-order valence-electron chi connectivity index (χ2n) is 4.83. The maximum atomic E-state index is 9.99. The number of rotatable bonds is 9. The number of methoxy groups -OCH3 is 1. The van der Waals surface area contributed by atoms with E-state index in [0.717, 1.165) is 31.8 Å². The number of nitrogens with one attached hydrogen (secondary N) is 1. The van der Waals surface area contributed by atoms with Crippen molar-refractivity contribution in [2.45, 2.75) is 20.1 Å². The number of hydrogen-bond donors (Lipinski definition) is 3. The molecule has 6 nitrogen and oxygen atoms in total. The molecule has 0 atom stereocenters. The number of ether oxygens (including phenoxy) is 1. The number of pyridine rings is 1. The second-order valence-corrected chi connectivity index (χ2v) is 4.83. The van der Waals surface area contributed by atoms with Gasteiger partial charge in [0.25, 0.3) is 0 Å². The van der Waals surface area contributed by atoms with Gasteiger partial charge in [0, 0.05) is 50.6 Å². The number of aromatic nitrogens is 1. The highest BCUT2D eigenvalue weighted by atomic mass is 16.5. The van der Waals surface area contributed by atoms with Crippen LogP contribution < -0.4 is 5.32 Å². The van der Waals surface area contributed by atoms with Gasteiger partial charge < -0.3 is 25.2 Å². The summed E-state index contributed by atoms with van der Waals surface area (Å²) in [4.78, 5) is 6.21. The molecular formula is C14H25N3O3. The number of nitrogens with zero attached hydrogens (tertiary/aromatic N) is 2. The third kappa shape index (κ3) is 5.05. The standard InChI is InChI=1S/C14H25N3O3/c1-11-14(19)13(12(10-18)8-16-11)9-15-4-5-17(2)6-7-20-3/h8,15,18-19H,4-7,9-10H2,1-3H3. The van der Waals surface area contributed by atoms with Crippen LogP contribution in [0, 0.1) is 6.92 Å². The fraction of sp³-hybridized carbons (Fsp3) is 0.643. The van der Waals surface area contributed by atoms with Crippen molar-refractivity contribution in [3.05, 3.63) is 23.0 Å². The van der Waals surface area contributed by atoms with E-state index in [0.29, 0.717) is 17.8 Å². The molecule has 6 heteroatoms. The molecule has 1 heterocycles. The predicted octanol–water partition coefficient (Wildman–Crippen LogP) is 0.256. The van der Waals surface area contributed by atoms with Gasteiger partial charge in [-0.3, -0.25) is 4.98 Å². The summed E-state index contributed by atoms with van der Waals surface area (Å²) in [7, 11) is 3.73. The Labute approximate surface area is 120 Å². The van der Waals surface area contributed by atoms with Crippen LogP contribution in [0.15, 0.2) is 6.20 Å². The van der Waals surface area contributed by atoms with Crippen LogP contribution in [0.2, 0.25) is 0 Å². The molecule has 0 radical (unpaired) electrons. The highest BCUT2D eigenvalue weighted by Crippen LogP contribution is 2.23.